The average molecular weight is 323 g/mol. The van der Waals surface area contributed by atoms with Crippen molar-refractivity contribution in [2.24, 2.45) is 17.8 Å². The summed E-state index contributed by atoms with van der Waals surface area (Å²) in [6.07, 6.45) is 8.41. The highest BCUT2D eigenvalue weighted by Gasteiger charge is 2.39. The quantitative estimate of drug-likeness (QED) is 0.849. The molecule has 2 aromatic rings. The lowest BCUT2D eigenvalue weighted by Crippen LogP contribution is -2.26. The molecule has 2 bridgehead atoms. The standard InChI is InChI=1S/C19H21N3O2/c1-20-18(23)11-22-7-6-13-4-5-15(10-17(13)22)21-19(24)16-9-12-2-3-14(16)8-12/h2-7,10,12,14,16H,8-9,11H2,1H3,(H,20,23)(H,21,24). The van der Waals surface area contributed by atoms with E-state index in [2.05, 4.69) is 22.8 Å². The first-order valence-corrected chi connectivity index (χ1v) is 8.42. The fraction of sp³-hybridized carbons (Fsp3) is 0.368. The number of carbonyl (C=O) groups excluding carboxylic acids is 2. The highest BCUT2D eigenvalue weighted by atomic mass is 16.2. The van der Waals surface area contributed by atoms with Gasteiger partial charge in [-0.05, 0) is 48.3 Å². The molecule has 1 fully saturated rings. The van der Waals surface area contributed by atoms with E-state index >= 15 is 0 Å². The topological polar surface area (TPSA) is 63.1 Å². The maximum absolute atomic E-state index is 12.6. The van der Waals surface area contributed by atoms with Gasteiger partial charge < -0.3 is 15.2 Å². The zero-order chi connectivity index (χ0) is 16.7. The second-order valence-electron chi connectivity index (χ2n) is 6.77. The molecule has 5 nitrogen and oxygen atoms in total. The van der Waals surface area contributed by atoms with Crippen LogP contribution in [0.5, 0.6) is 0 Å². The van der Waals surface area contributed by atoms with Crippen molar-refractivity contribution in [2.75, 3.05) is 12.4 Å². The number of nitrogens with one attached hydrogen (secondary N) is 2. The number of allylic oxidation sites excluding steroid dienone is 2. The average Bonchev–Trinajstić information content (AvgIpc) is 3.30. The number of rotatable bonds is 4. The Bertz CT molecular complexity index is 836. The number of fused-ring (bicyclic) bond motifs is 3. The molecule has 5 heteroatoms. The summed E-state index contributed by atoms with van der Waals surface area (Å²) in [5.41, 5.74) is 1.74. The van der Waals surface area contributed by atoms with Gasteiger partial charge in [0.25, 0.3) is 0 Å². The Hall–Kier alpha value is -2.56. The molecule has 1 saturated carbocycles. The van der Waals surface area contributed by atoms with Crippen molar-refractivity contribution < 1.29 is 9.59 Å². The van der Waals surface area contributed by atoms with Gasteiger partial charge in [-0.25, -0.2) is 0 Å². The molecule has 3 unspecified atom stereocenters. The molecule has 24 heavy (non-hydrogen) atoms. The molecule has 1 aromatic carbocycles. The SMILES string of the molecule is CNC(=O)Cn1ccc2ccc(NC(=O)C3CC4C=CC3C4)cc21. The first-order chi connectivity index (χ1) is 11.6. The minimum Gasteiger partial charge on any atom is -0.358 e. The summed E-state index contributed by atoms with van der Waals surface area (Å²) >= 11 is 0. The minimum atomic E-state index is -0.0456. The summed E-state index contributed by atoms with van der Waals surface area (Å²) in [6.45, 7) is 0.272. The van der Waals surface area contributed by atoms with Gasteiger partial charge in [-0.1, -0.05) is 18.2 Å². The van der Waals surface area contributed by atoms with Crippen molar-refractivity contribution in [1.82, 2.24) is 9.88 Å². The Morgan fingerprint density at radius 2 is 2.08 bits per heavy atom. The Balaban J connectivity index is 1.54. The number of aromatic nitrogens is 1. The van der Waals surface area contributed by atoms with E-state index < -0.39 is 0 Å². The van der Waals surface area contributed by atoms with Crippen molar-refractivity contribution in [3.8, 4) is 0 Å². The number of hydrogen-bond donors (Lipinski definition) is 2. The van der Waals surface area contributed by atoms with E-state index in [1.165, 1.54) is 0 Å². The molecule has 2 N–H and O–H groups in total. The van der Waals surface area contributed by atoms with Gasteiger partial charge in [0.1, 0.15) is 6.54 Å². The summed E-state index contributed by atoms with van der Waals surface area (Å²) in [5, 5.41) is 6.75. The lowest BCUT2D eigenvalue weighted by molar-refractivity contribution is -0.121. The highest BCUT2D eigenvalue weighted by molar-refractivity contribution is 5.96. The minimum absolute atomic E-state index is 0.0456. The Labute approximate surface area is 140 Å². The fourth-order valence-electron chi connectivity index (χ4n) is 3.95. The van der Waals surface area contributed by atoms with E-state index in [1.54, 1.807) is 7.05 Å². The zero-order valence-corrected chi connectivity index (χ0v) is 13.7. The van der Waals surface area contributed by atoms with Crippen molar-refractivity contribution >= 4 is 28.4 Å². The van der Waals surface area contributed by atoms with E-state index in [-0.39, 0.29) is 24.3 Å². The molecule has 2 aliphatic rings. The smallest absolute Gasteiger partial charge is 0.239 e. The Kier molecular flexibility index (Phi) is 3.63. The number of amides is 2. The zero-order valence-electron chi connectivity index (χ0n) is 13.7. The molecule has 0 saturated heterocycles. The van der Waals surface area contributed by atoms with E-state index in [4.69, 9.17) is 0 Å². The van der Waals surface area contributed by atoms with Gasteiger partial charge in [0.15, 0.2) is 0 Å². The largest absolute Gasteiger partial charge is 0.358 e. The number of hydrogen-bond acceptors (Lipinski definition) is 2. The summed E-state index contributed by atoms with van der Waals surface area (Å²) < 4.78 is 1.89. The number of likely N-dealkylation sites (N-methyl/N-ethyl adjacent to an activating group) is 1. The predicted molar refractivity (Wildman–Crippen MR) is 93.5 cm³/mol. The van der Waals surface area contributed by atoms with Crippen LogP contribution in [0.25, 0.3) is 10.9 Å². The van der Waals surface area contributed by atoms with Crippen LogP contribution < -0.4 is 10.6 Å². The van der Waals surface area contributed by atoms with Gasteiger partial charge in [-0.3, -0.25) is 9.59 Å². The maximum atomic E-state index is 12.6. The molecule has 124 valence electrons. The number of nitrogens with zero attached hydrogens (tertiary/aromatic N) is 1. The maximum Gasteiger partial charge on any atom is 0.239 e. The molecule has 4 rings (SSSR count). The third-order valence-electron chi connectivity index (χ3n) is 5.25. The first kappa shape index (κ1) is 15.0. The third kappa shape index (κ3) is 2.60. The highest BCUT2D eigenvalue weighted by Crippen LogP contribution is 2.43. The van der Waals surface area contributed by atoms with Crippen LogP contribution in [0, 0.1) is 17.8 Å². The second-order valence-corrected chi connectivity index (χ2v) is 6.77. The molecule has 0 radical (unpaired) electrons. The van der Waals surface area contributed by atoms with Gasteiger partial charge in [0.05, 0.1) is 5.52 Å². The van der Waals surface area contributed by atoms with Crippen molar-refractivity contribution in [3.05, 3.63) is 42.6 Å². The first-order valence-electron chi connectivity index (χ1n) is 8.42. The molecular formula is C19H21N3O2. The number of benzene rings is 1. The second kappa shape index (κ2) is 5.82. The molecule has 2 amide bonds. The van der Waals surface area contributed by atoms with Gasteiger partial charge >= 0.3 is 0 Å². The molecule has 2 aliphatic carbocycles. The number of anilines is 1. The van der Waals surface area contributed by atoms with Crippen LogP contribution in [0.4, 0.5) is 5.69 Å². The molecule has 0 spiro atoms. The van der Waals surface area contributed by atoms with Crippen LogP contribution >= 0.6 is 0 Å². The summed E-state index contributed by atoms with van der Waals surface area (Å²) in [4.78, 5) is 24.2. The van der Waals surface area contributed by atoms with Gasteiger partial charge in [-0.2, -0.15) is 0 Å². The Morgan fingerprint density at radius 1 is 1.21 bits per heavy atom. The van der Waals surface area contributed by atoms with Gasteiger partial charge in [0.2, 0.25) is 11.8 Å². The van der Waals surface area contributed by atoms with Crippen LogP contribution in [0.2, 0.25) is 0 Å². The normalized spacial score (nSPS) is 24.5. The van der Waals surface area contributed by atoms with Crippen molar-refractivity contribution in [3.63, 3.8) is 0 Å². The molecule has 1 heterocycles. The van der Waals surface area contributed by atoms with Crippen LogP contribution in [0.3, 0.4) is 0 Å². The lowest BCUT2D eigenvalue weighted by atomic mass is 9.93. The monoisotopic (exact) mass is 323 g/mol. The number of carbonyl (C=O) groups is 2. The van der Waals surface area contributed by atoms with E-state index in [0.717, 1.165) is 29.4 Å². The van der Waals surface area contributed by atoms with Crippen LogP contribution in [0.1, 0.15) is 12.8 Å². The van der Waals surface area contributed by atoms with E-state index in [1.807, 2.05) is 35.0 Å². The lowest BCUT2D eigenvalue weighted by Gasteiger charge is -2.17. The van der Waals surface area contributed by atoms with Gasteiger partial charge in [-0.15, -0.1) is 0 Å². The summed E-state index contributed by atoms with van der Waals surface area (Å²) in [6, 6.07) is 7.82. The Morgan fingerprint density at radius 3 is 2.79 bits per heavy atom. The van der Waals surface area contributed by atoms with Crippen LogP contribution in [-0.4, -0.2) is 23.4 Å². The molecule has 1 aromatic heterocycles. The predicted octanol–water partition coefficient (Wildman–Crippen LogP) is 2.54. The fourth-order valence-corrected chi connectivity index (χ4v) is 3.95. The van der Waals surface area contributed by atoms with Crippen molar-refractivity contribution in [2.45, 2.75) is 19.4 Å². The van der Waals surface area contributed by atoms with Crippen molar-refractivity contribution in [1.29, 1.82) is 0 Å². The third-order valence-corrected chi connectivity index (χ3v) is 5.25. The summed E-state index contributed by atoms with van der Waals surface area (Å²) in [5.74, 6) is 1.13. The molecule has 0 aliphatic heterocycles. The van der Waals surface area contributed by atoms with Crippen LogP contribution in [-0.2, 0) is 16.1 Å². The summed E-state index contributed by atoms with van der Waals surface area (Å²) in [7, 11) is 1.63. The molecular weight excluding hydrogens is 302 g/mol. The van der Waals surface area contributed by atoms with Crippen LogP contribution in [0.15, 0.2) is 42.6 Å². The van der Waals surface area contributed by atoms with E-state index in [0.29, 0.717) is 11.8 Å². The van der Waals surface area contributed by atoms with Gasteiger partial charge in [0, 0.05) is 24.8 Å². The molecule has 3 atom stereocenters. The van der Waals surface area contributed by atoms with E-state index in [9.17, 15) is 9.59 Å².